The fraction of sp³-hybridized carbons (Fsp3) is 0.310. The SMILES string of the molecule is Cl.Cl.[CH2]=[Zr]([C]1=C(C)C=CC1)([c]1ccc(C)cc1)([c]1ccc(C)cc1)[c]1cc(C(C)(C)C)cc2c1Cc1ccc(C(C)(C)C)cc1-2. The van der Waals surface area contributed by atoms with Gasteiger partial charge in [-0.05, 0) is 0 Å². The molecule has 0 amide bonds. The number of hydrogen-bond acceptors (Lipinski definition) is 0. The first-order chi connectivity index (χ1) is 20.1. The molecular weight excluding hydrogens is 667 g/mol. The Morgan fingerprint density at radius 3 is 1.60 bits per heavy atom. The van der Waals surface area contributed by atoms with Crippen LogP contribution in [0.3, 0.4) is 0 Å². The second-order valence-corrected chi connectivity index (χ2v) is 28.4. The predicted molar refractivity (Wildman–Crippen MR) is 201 cm³/mol. The van der Waals surface area contributed by atoms with Crippen molar-refractivity contribution in [3.8, 4) is 11.1 Å². The molecule has 0 radical (unpaired) electrons. The molecule has 0 saturated heterocycles. The molecule has 0 atom stereocenters. The predicted octanol–water partition coefficient (Wildman–Crippen LogP) is 9.95. The van der Waals surface area contributed by atoms with E-state index in [1.807, 2.05) is 0 Å². The summed E-state index contributed by atoms with van der Waals surface area (Å²) in [5.74, 6) is 0. The van der Waals surface area contributed by atoms with E-state index in [9.17, 15) is 0 Å². The van der Waals surface area contributed by atoms with E-state index in [2.05, 4.69) is 153 Å². The van der Waals surface area contributed by atoms with E-state index in [0.717, 1.165) is 12.8 Å². The molecule has 0 nitrogen and oxygen atoms in total. The summed E-state index contributed by atoms with van der Waals surface area (Å²) in [4.78, 5) is 0. The summed E-state index contributed by atoms with van der Waals surface area (Å²) in [5.41, 5.74) is 12.7. The van der Waals surface area contributed by atoms with Gasteiger partial charge >= 0.3 is 263 Å². The van der Waals surface area contributed by atoms with Crippen LogP contribution in [-0.4, -0.2) is 4.21 Å². The van der Waals surface area contributed by atoms with Crippen molar-refractivity contribution in [3.63, 3.8) is 0 Å². The third kappa shape index (κ3) is 5.56. The molecule has 0 spiro atoms. The molecule has 2 aliphatic rings. The molecule has 236 valence electrons. The van der Waals surface area contributed by atoms with Crippen molar-refractivity contribution in [3.05, 3.63) is 133 Å². The van der Waals surface area contributed by atoms with Gasteiger partial charge in [0.15, 0.2) is 0 Å². The van der Waals surface area contributed by atoms with Crippen LogP contribution in [0.15, 0.2) is 99.9 Å². The van der Waals surface area contributed by atoms with Gasteiger partial charge in [-0.3, -0.25) is 0 Å². The molecule has 6 rings (SSSR count). The Kier molecular flexibility index (Phi) is 9.52. The van der Waals surface area contributed by atoms with Gasteiger partial charge in [0.25, 0.3) is 0 Å². The number of aryl methyl sites for hydroxylation is 2. The maximum atomic E-state index is 5.74. The van der Waals surface area contributed by atoms with E-state index in [1.54, 1.807) is 3.28 Å². The van der Waals surface area contributed by atoms with E-state index in [4.69, 9.17) is 4.21 Å². The van der Waals surface area contributed by atoms with Crippen LogP contribution >= 0.6 is 24.8 Å². The molecule has 0 saturated carbocycles. The van der Waals surface area contributed by atoms with Crippen molar-refractivity contribution in [2.45, 2.75) is 86.0 Å². The second-order valence-electron chi connectivity index (χ2n) is 15.6. The Morgan fingerprint density at radius 2 is 1.13 bits per heavy atom. The van der Waals surface area contributed by atoms with E-state index in [-0.39, 0.29) is 35.6 Å². The van der Waals surface area contributed by atoms with Crippen LogP contribution in [0.25, 0.3) is 11.1 Å². The van der Waals surface area contributed by atoms with Crippen LogP contribution in [0.5, 0.6) is 0 Å². The zero-order valence-electron chi connectivity index (χ0n) is 28.6. The van der Waals surface area contributed by atoms with Crippen LogP contribution < -0.4 is 9.81 Å². The Morgan fingerprint density at radius 1 is 0.622 bits per heavy atom. The van der Waals surface area contributed by atoms with Gasteiger partial charge in [-0.1, -0.05) is 0 Å². The molecule has 0 aromatic heterocycles. The standard InChI is InChI=1S/C21H25.2C7H7.C6H7.CH2.2ClH.Zr/c1-20(2,3)16-9-7-14-11-15-8-10-17(21(4,5)6)13-19(15)18(14)12-16;2*1-7-5-3-2-4-6-7;1-6-4-2-3-5-6;;;;/h7,9-10,12-13H,11H2,1-6H3;2*3-6H,1H3;2,4H,3H2,1H3;1H2;2*1H;. The van der Waals surface area contributed by atoms with Crippen molar-refractivity contribution < 1.29 is 18.3 Å². The maximum absolute atomic E-state index is 5.74. The molecule has 0 N–H and O–H groups in total. The molecular formula is C42H50Cl2Zr. The minimum atomic E-state index is -4.79. The summed E-state index contributed by atoms with van der Waals surface area (Å²) in [6.07, 6.45) is 6.67. The molecule has 0 fully saturated rings. The summed E-state index contributed by atoms with van der Waals surface area (Å²) in [7, 11) is 0. The van der Waals surface area contributed by atoms with Crippen LogP contribution in [0, 0.1) is 13.8 Å². The third-order valence-corrected chi connectivity index (χ3v) is 27.2. The first kappa shape index (κ1) is 35.5. The van der Waals surface area contributed by atoms with Crippen molar-refractivity contribution in [2.24, 2.45) is 0 Å². The average Bonchev–Trinajstić information content (AvgIpc) is 3.55. The number of hydrogen-bond donors (Lipinski definition) is 0. The third-order valence-electron chi connectivity index (χ3n) is 10.6. The zero-order valence-corrected chi connectivity index (χ0v) is 32.7. The first-order valence-corrected chi connectivity index (χ1v) is 22.6. The first-order valence-electron chi connectivity index (χ1n) is 16.0. The van der Waals surface area contributed by atoms with E-state index < -0.39 is 18.3 Å². The average molecular weight is 717 g/mol. The van der Waals surface area contributed by atoms with Crippen LogP contribution in [0.1, 0.15) is 88.3 Å². The van der Waals surface area contributed by atoms with E-state index >= 15 is 0 Å². The Hall–Kier alpha value is -2.31. The zero-order chi connectivity index (χ0) is 31.0. The second kappa shape index (κ2) is 12.1. The molecule has 2 aliphatic carbocycles. The van der Waals surface area contributed by atoms with Crippen molar-refractivity contribution in [1.29, 1.82) is 0 Å². The summed E-state index contributed by atoms with van der Waals surface area (Å²) in [6.45, 7) is 20.8. The number of rotatable bonds is 4. The van der Waals surface area contributed by atoms with Crippen molar-refractivity contribution in [2.75, 3.05) is 0 Å². The molecule has 0 aliphatic heterocycles. The number of benzene rings is 4. The Balaban J connectivity index is 0.00000230. The normalized spacial score (nSPS) is 14.5. The summed E-state index contributed by atoms with van der Waals surface area (Å²) >= 11 is -4.79. The Bertz CT molecular complexity index is 1840. The fourth-order valence-electron chi connectivity index (χ4n) is 7.77. The van der Waals surface area contributed by atoms with Gasteiger partial charge in [0.1, 0.15) is 0 Å². The van der Waals surface area contributed by atoms with Crippen LogP contribution in [-0.2, 0) is 35.5 Å². The molecule has 0 unspecified atom stereocenters. The summed E-state index contributed by atoms with van der Waals surface area (Å²) < 4.78 is 11.7. The van der Waals surface area contributed by atoms with Gasteiger partial charge in [-0.15, -0.1) is 24.8 Å². The topological polar surface area (TPSA) is 0 Å². The van der Waals surface area contributed by atoms with Gasteiger partial charge in [-0.2, -0.15) is 0 Å². The molecule has 3 heteroatoms. The van der Waals surface area contributed by atoms with E-state index in [0.29, 0.717) is 0 Å². The molecule has 4 aromatic rings. The van der Waals surface area contributed by atoms with Crippen molar-refractivity contribution >= 4 is 38.8 Å². The summed E-state index contributed by atoms with van der Waals surface area (Å²) in [5, 5.41) is 0. The summed E-state index contributed by atoms with van der Waals surface area (Å²) in [6, 6.07) is 31.4. The molecule has 4 aromatic carbocycles. The van der Waals surface area contributed by atoms with Crippen LogP contribution in [0.4, 0.5) is 0 Å². The van der Waals surface area contributed by atoms with Gasteiger partial charge in [0.05, 0.1) is 0 Å². The van der Waals surface area contributed by atoms with Gasteiger partial charge in [0.2, 0.25) is 0 Å². The van der Waals surface area contributed by atoms with Gasteiger partial charge in [0, 0.05) is 0 Å². The quantitative estimate of drug-likeness (QED) is 0.174. The Labute approximate surface area is 285 Å². The van der Waals surface area contributed by atoms with Crippen LogP contribution in [0.2, 0.25) is 0 Å². The van der Waals surface area contributed by atoms with Gasteiger partial charge < -0.3 is 0 Å². The number of halogens is 2. The molecule has 0 heterocycles. The molecule has 45 heavy (non-hydrogen) atoms. The minimum absolute atomic E-state index is 0. The molecule has 0 bridgehead atoms. The van der Waals surface area contributed by atoms with Gasteiger partial charge in [-0.25, -0.2) is 0 Å². The van der Waals surface area contributed by atoms with Crippen molar-refractivity contribution in [1.82, 2.24) is 0 Å². The fourth-order valence-corrected chi connectivity index (χ4v) is 24.2. The monoisotopic (exact) mass is 714 g/mol. The number of fused-ring (bicyclic) bond motifs is 3. The number of allylic oxidation sites excluding steroid dienone is 4. The van der Waals surface area contributed by atoms with E-state index in [1.165, 1.54) is 59.9 Å².